The Morgan fingerprint density at radius 2 is 2.29 bits per heavy atom. The summed E-state index contributed by atoms with van der Waals surface area (Å²) in [7, 11) is 1.61. The van der Waals surface area contributed by atoms with Crippen molar-refractivity contribution >= 4 is 0 Å². The molecule has 0 aromatic carbocycles. The smallest absolute Gasteiger partial charge is 0.120 e. The summed E-state index contributed by atoms with van der Waals surface area (Å²) in [5.74, 6) is 0. The second kappa shape index (κ2) is 7.07. The van der Waals surface area contributed by atoms with Gasteiger partial charge in [-0.2, -0.15) is 5.26 Å². The van der Waals surface area contributed by atoms with Crippen LogP contribution in [0.25, 0.3) is 0 Å². The van der Waals surface area contributed by atoms with Crippen LogP contribution in [-0.4, -0.2) is 42.2 Å². The Morgan fingerprint density at radius 1 is 1.53 bits per heavy atom. The highest BCUT2D eigenvalue weighted by Gasteiger charge is 2.10. The van der Waals surface area contributed by atoms with E-state index in [4.69, 9.17) is 14.7 Å². The van der Waals surface area contributed by atoms with Crippen molar-refractivity contribution in [1.82, 2.24) is 4.57 Å². The second-order valence-corrected chi connectivity index (χ2v) is 3.91. The van der Waals surface area contributed by atoms with Crippen molar-refractivity contribution in [2.24, 2.45) is 0 Å². The molecule has 0 radical (unpaired) electrons. The number of aliphatic hydroxyl groups excluding tert-OH is 1. The summed E-state index contributed by atoms with van der Waals surface area (Å²) in [5, 5.41) is 18.6. The molecule has 2 unspecified atom stereocenters. The Hall–Kier alpha value is -1.35. The first-order chi connectivity index (χ1) is 8.17. The van der Waals surface area contributed by atoms with E-state index in [1.54, 1.807) is 30.0 Å². The van der Waals surface area contributed by atoms with Gasteiger partial charge in [-0.05, 0) is 19.1 Å². The van der Waals surface area contributed by atoms with Crippen molar-refractivity contribution in [3.05, 3.63) is 24.0 Å². The van der Waals surface area contributed by atoms with Gasteiger partial charge < -0.3 is 19.1 Å². The van der Waals surface area contributed by atoms with Crippen molar-refractivity contribution < 1.29 is 14.6 Å². The molecule has 1 aromatic heterocycles. The number of aromatic nitrogens is 1. The molecule has 0 aliphatic carbocycles. The average molecular weight is 238 g/mol. The van der Waals surface area contributed by atoms with E-state index in [0.29, 0.717) is 18.8 Å². The van der Waals surface area contributed by atoms with Crippen molar-refractivity contribution in [2.75, 3.05) is 20.3 Å². The fourth-order valence-corrected chi connectivity index (χ4v) is 1.51. The van der Waals surface area contributed by atoms with Crippen molar-refractivity contribution in [1.29, 1.82) is 5.26 Å². The average Bonchev–Trinajstić information content (AvgIpc) is 2.74. The van der Waals surface area contributed by atoms with Crippen LogP contribution in [0, 0.1) is 11.3 Å². The maximum absolute atomic E-state index is 9.76. The van der Waals surface area contributed by atoms with Gasteiger partial charge in [0.05, 0.1) is 32.0 Å². The van der Waals surface area contributed by atoms with E-state index in [9.17, 15) is 5.11 Å². The normalized spacial score (nSPS) is 14.2. The molecule has 0 fully saturated rings. The lowest BCUT2D eigenvalue weighted by molar-refractivity contribution is -0.0356. The number of aliphatic hydroxyl groups is 1. The maximum Gasteiger partial charge on any atom is 0.120 e. The molecular weight excluding hydrogens is 220 g/mol. The van der Waals surface area contributed by atoms with Crippen LogP contribution in [-0.2, 0) is 16.0 Å². The summed E-state index contributed by atoms with van der Waals surface area (Å²) in [6, 6.07) is 5.54. The highest BCUT2D eigenvalue weighted by atomic mass is 16.5. The Balaban J connectivity index is 2.35. The number of nitriles is 1. The van der Waals surface area contributed by atoms with Crippen LogP contribution < -0.4 is 0 Å². The quantitative estimate of drug-likeness (QED) is 0.762. The molecule has 5 nitrogen and oxygen atoms in total. The van der Waals surface area contributed by atoms with E-state index in [1.807, 2.05) is 6.92 Å². The van der Waals surface area contributed by atoms with Gasteiger partial charge in [-0.25, -0.2) is 0 Å². The van der Waals surface area contributed by atoms with E-state index in [0.717, 1.165) is 0 Å². The summed E-state index contributed by atoms with van der Waals surface area (Å²) in [6.07, 6.45) is 1.09. The molecule has 94 valence electrons. The number of hydrogen-bond donors (Lipinski definition) is 1. The molecule has 1 rings (SSSR count). The molecule has 1 N–H and O–H groups in total. The SMILES string of the molecule is COCC(C)OCC(O)Cn1cccc1C#N. The minimum Gasteiger partial charge on any atom is -0.389 e. The van der Waals surface area contributed by atoms with Crippen LogP contribution in [0.2, 0.25) is 0 Å². The van der Waals surface area contributed by atoms with Gasteiger partial charge in [0.2, 0.25) is 0 Å². The highest BCUT2D eigenvalue weighted by Crippen LogP contribution is 2.03. The van der Waals surface area contributed by atoms with Crippen LogP contribution in [0.5, 0.6) is 0 Å². The van der Waals surface area contributed by atoms with Crippen molar-refractivity contribution in [2.45, 2.75) is 25.7 Å². The van der Waals surface area contributed by atoms with Gasteiger partial charge in [0.1, 0.15) is 11.8 Å². The predicted octanol–water partition coefficient (Wildman–Crippen LogP) is 0.772. The molecule has 5 heteroatoms. The molecule has 17 heavy (non-hydrogen) atoms. The van der Waals surface area contributed by atoms with E-state index >= 15 is 0 Å². The molecule has 1 aromatic rings. The molecule has 0 saturated heterocycles. The first-order valence-corrected chi connectivity index (χ1v) is 5.51. The molecule has 1 heterocycles. The number of nitrogens with zero attached hydrogens (tertiary/aromatic N) is 2. The molecule has 0 bridgehead atoms. The third-order valence-electron chi connectivity index (χ3n) is 2.33. The highest BCUT2D eigenvalue weighted by molar-refractivity contribution is 5.21. The number of ether oxygens (including phenoxy) is 2. The largest absolute Gasteiger partial charge is 0.389 e. The first-order valence-electron chi connectivity index (χ1n) is 5.51. The summed E-state index contributed by atoms with van der Waals surface area (Å²) >= 11 is 0. The second-order valence-electron chi connectivity index (χ2n) is 3.91. The summed E-state index contributed by atoms with van der Waals surface area (Å²) in [6.45, 7) is 2.97. The van der Waals surface area contributed by atoms with Gasteiger partial charge in [-0.1, -0.05) is 0 Å². The molecule has 2 atom stereocenters. The Kier molecular flexibility index (Phi) is 5.70. The predicted molar refractivity (Wildman–Crippen MR) is 62.4 cm³/mol. The number of methoxy groups -OCH3 is 1. The monoisotopic (exact) mass is 238 g/mol. The van der Waals surface area contributed by atoms with E-state index < -0.39 is 6.10 Å². The molecule has 0 spiro atoms. The van der Waals surface area contributed by atoms with Gasteiger partial charge in [0.25, 0.3) is 0 Å². The standard InChI is InChI=1S/C12H18N2O3/c1-10(8-16-2)17-9-12(15)7-14-5-3-4-11(14)6-13/h3-5,10,12,15H,7-9H2,1-2H3. The number of rotatable bonds is 7. The number of hydrogen-bond acceptors (Lipinski definition) is 4. The molecular formula is C12H18N2O3. The van der Waals surface area contributed by atoms with Crippen LogP contribution in [0.15, 0.2) is 18.3 Å². The van der Waals surface area contributed by atoms with Gasteiger partial charge in [0, 0.05) is 13.3 Å². The van der Waals surface area contributed by atoms with Gasteiger partial charge >= 0.3 is 0 Å². The maximum atomic E-state index is 9.76. The zero-order valence-corrected chi connectivity index (χ0v) is 10.2. The summed E-state index contributed by atoms with van der Waals surface area (Å²) in [4.78, 5) is 0. The fraction of sp³-hybridized carbons (Fsp3) is 0.583. The molecule has 0 saturated carbocycles. The minimum atomic E-state index is -0.631. The van der Waals surface area contributed by atoms with Crippen molar-refractivity contribution in [3.63, 3.8) is 0 Å². The van der Waals surface area contributed by atoms with Gasteiger partial charge in [-0.15, -0.1) is 0 Å². The van der Waals surface area contributed by atoms with Gasteiger partial charge in [-0.3, -0.25) is 0 Å². The van der Waals surface area contributed by atoms with Crippen LogP contribution in [0.3, 0.4) is 0 Å². The Labute approximate surface area is 101 Å². The lowest BCUT2D eigenvalue weighted by Crippen LogP contribution is -2.26. The lowest BCUT2D eigenvalue weighted by Gasteiger charge is -2.16. The Bertz CT molecular complexity index is 370. The zero-order valence-electron chi connectivity index (χ0n) is 10.2. The third kappa shape index (κ3) is 4.57. The van der Waals surface area contributed by atoms with Crippen molar-refractivity contribution in [3.8, 4) is 6.07 Å². The topological polar surface area (TPSA) is 67.4 Å². The first kappa shape index (κ1) is 13.7. The molecule has 0 amide bonds. The lowest BCUT2D eigenvalue weighted by atomic mass is 10.3. The molecule has 0 aliphatic heterocycles. The summed E-state index contributed by atoms with van der Waals surface area (Å²) in [5.41, 5.74) is 0.536. The van der Waals surface area contributed by atoms with E-state index in [1.165, 1.54) is 0 Å². The minimum absolute atomic E-state index is 0.0465. The van der Waals surface area contributed by atoms with E-state index in [2.05, 4.69) is 6.07 Å². The van der Waals surface area contributed by atoms with Crippen LogP contribution in [0.4, 0.5) is 0 Å². The Morgan fingerprint density at radius 3 is 2.94 bits per heavy atom. The van der Waals surface area contributed by atoms with Gasteiger partial charge in [0.15, 0.2) is 0 Å². The molecule has 0 aliphatic rings. The van der Waals surface area contributed by atoms with E-state index in [-0.39, 0.29) is 12.7 Å². The summed E-state index contributed by atoms with van der Waals surface area (Å²) < 4.78 is 12.0. The third-order valence-corrected chi connectivity index (χ3v) is 2.33. The van der Waals surface area contributed by atoms with Crippen LogP contribution in [0.1, 0.15) is 12.6 Å². The fourth-order valence-electron chi connectivity index (χ4n) is 1.51. The van der Waals surface area contributed by atoms with Crippen LogP contribution >= 0.6 is 0 Å². The zero-order chi connectivity index (χ0) is 12.7.